The van der Waals surface area contributed by atoms with Crippen molar-refractivity contribution in [3.05, 3.63) is 23.4 Å². The predicted octanol–water partition coefficient (Wildman–Crippen LogP) is 1.35. The van der Waals surface area contributed by atoms with Crippen LogP contribution in [0.4, 0.5) is 5.82 Å². The van der Waals surface area contributed by atoms with Crippen molar-refractivity contribution in [3.63, 3.8) is 0 Å². The minimum Gasteiger partial charge on any atom is -0.392 e. The first-order chi connectivity index (χ1) is 7.60. The van der Waals surface area contributed by atoms with Crippen LogP contribution in [0.15, 0.2) is 12.3 Å². The SMILES string of the molecule is COCC(C)N(C)c1ncc(CO)cc1C. The van der Waals surface area contributed by atoms with Gasteiger partial charge >= 0.3 is 0 Å². The zero-order chi connectivity index (χ0) is 12.1. The maximum absolute atomic E-state index is 9.01. The van der Waals surface area contributed by atoms with Crippen molar-refractivity contribution in [1.82, 2.24) is 4.98 Å². The van der Waals surface area contributed by atoms with Crippen LogP contribution in [0.2, 0.25) is 0 Å². The van der Waals surface area contributed by atoms with E-state index in [-0.39, 0.29) is 12.6 Å². The number of pyridine rings is 1. The molecule has 0 radical (unpaired) electrons. The van der Waals surface area contributed by atoms with E-state index in [1.165, 1.54) is 0 Å². The molecule has 0 spiro atoms. The number of hydrogen-bond acceptors (Lipinski definition) is 4. The second-order valence-corrected chi connectivity index (χ2v) is 4.06. The third kappa shape index (κ3) is 2.93. The lowest BCUT2D eigenvalue weighted by Crippen LogP contribution is -2.33. The van der Waals surface area contributed by atoms with Gasteiger partial charge in [-0.15, -0.1) is 0 Å². The molecule has 1 N–H and O–H groups in total. The molecule has 4 heteroatoms. The molecule has 1 heterocycles. The number of anilines is 1. The number of rotatable bonds is 5. The molecule has 0 aliphatic heterocycles. The Labute approximate surface area is 96.9 Å². The van der Waals surface area contributed by atoms with E-state index < -0.39 is 0 Å². The van der Waals surface area contributed by atoms with Crippen molar-refractivity contribution in [2.75, 3.05) is 25.7 Å². The van der Waals surface area contributed by atoms with Gasteiger partial charge < -0.3 is 14.7 Å². The molecular formula is C12H20N2O2. The smallest absolute Gasteiger partial charge is 0.131 e. The summed E-state index contributed by atoms with van der Waals surface area (Å²) in [6.45, 7) is 4.78. The Kier molecular flexibility index (Phi) is 4.71. The molecule has 0 aromatic carbocycles. The number of nitrogens with zero attached hydrogens (tertiary/aromatic N) is 2. The summed E-state index contributed by atoms with van der Waals surface area (Å²) in [6, 6.07) is 2.23. The number of likely N-dealkylation sites (N-methyl/N-ethyl adjacent to an activating group) is 1. The molecule has 4 nitrogen and oxygen atoms in total. The Bertz CT molecular complexity index is 342. The van der Waals surface area contributed by atoms with Gasteiger partial charge in [-0.2, -0.15) is 0 Å². The average Bonchev–Trinajstić information content (AvgIpc) is 2.28. The third-order valence-corrected chi connectivity index (χ3v) is 2.69. The van der Waals surface area contributed by atoms with Crippen molar-refractivity contribution in [2.45, 2.75) is 26.5 Å². The van der Waals surface area contributed by atoms with Crippen molar-refractivity contribution in [2.24, 2.45) is 0 Å². The van der Waals surface area contributed by atoms with Crippen LogP contribution in [-0.2, 0) is 11.3 Å². The Morgan fingerprint density at radius 1 is 1.56 bits per heavy atom. The van der Waals surface area contributed by atoms with Gasteiger partial charge in [0.1, 0.15) is 5.82 Å². The van der Waals surface area contributed by atoms with Gasteiger partial charge in [0.05, 0.1) is 19.3 Å². The van der Waals surface area contributed by atoms with E-state index in [2.05, 4.69) is 16.8 Å². The van der Waals surface area contributed by atoms with Gasteiger partial charge in [-0.05, 0) is 31.0 Å². The Hall–Kier alpha value is -1.13. The summed E-state index contributed by atoms with van der Waals surface area (Å²) in [4.78, 5) is 6.45. The maximum atomic E-state index is 9.01. The summed E-state index contributed by atoms with van der Waals surface area (Å²) in [6.07, 6.45) is 1.71. The highest BCUT2D eigenvalue weighted by atomic mass is 16.5. The normalized spacial score (nSPS) is 12.6. The molecule has 0 amide bonds. The fourth-order valence-electron chi connectivity index (χ4n) is 1.64. The van der Waals surface area contributed by atoms with Gasteiger partial charge in [-0.25, -0.2) is 4.98 Å². The summed E-state index contributed by atoms with van der Waals surface area (Å²) in [5.74, 6) is 0.932. The van der Waals surface area contributed by atoms with Gasteiger partial charge in [-0.1, -0.05) is 0 Å². The first-order valence-electron chi connectivity index (χ1n) is 5.38. The van der Waals surface area contributed by atoms with E-state index in [0.29, 0.717) is 6.61 Å². The van der Waals surface area contributed by atoms with Crippen LogP contribution < -0.4 is 4.90 Å². The van der Waals surface area contributed by atoms with Crippen LogP contribution in [0.1, 0.15) is 18.1 Å². The Morgan fingerprint density at radius 3 is 2.75 bits per heavy atom. The Balaban J connectivity index is 2.87. The van der Waals surface area contributed by atoms with E-state index in [4.69, 9.17) is 9.84 Å². The van der Waals surface area contributed by atoms with E-state index in [1.807, 2.05) is 20.0 Å². The van der Waals surface area contributed by atoms with E-state index in [0.717, 1.165) is 16.9 Å². The number of hydrogen-bond donors (Lipinski definition) is 1. The monoisotopic (exact) mass is 224 g/mol. The zero-order valence-electron chi connectivity index (χ0n) is 10.4. The third-order valence-electron chi connectivity index (χ3n) is 2.69. The number of methoxy groups -OCH3 is 1. The van der Waals surface area contributed by atoms with Crippen LogP contribution >= 0.6 is 0 Å². The fourth-order valence-corrected chi connectivity index (χ4v) is 1.64. The number of aromatic nitrogens is 1. The lowest BCUT2D eigenvalue weighted by molar-refractivity contribution is 0.183. The molecule has 1 unspecified atom stereocenters. The molecule has 1 aromatic heterocycles. The average molecular weight is 224 g/mol. The standard InChI is InChI=1S/C12H20N2O2/c1-9-5-11(7-15)6-13-12(9)14(3)10(2)8-16-4/h5-6,10,15H,7-8H2,1-4H3. The minimum absolute atomic E-state index is 0.0332. The quantitative estimate of drug-likeness (QED) is 0.820. The molecule has 0 aliphatic carbocycles. The van der Waals surface area contributed by atoms with Crippen molar-refractivity contribution < 1.29 is 9.84 Å². The molecule has 0 saturated carbocycles. The Morgan fingerprint density at radius 2 is 2.25 bits per heavy atom. The lowest BCUT2D eigenvalue weighted by atomic mass is 10.2. The summed E-state index contributed by atoms with van der Waals surface area (Å²) in [7, 11) is 3.69. The summed E-state index contributed by atoms with van der Waals surface area (Å²) < 4.78 is 5.12. The molecule has 90 valence electrons. The number of aliphatic hydroxyl groups is 1. The van der Waals surface area contributed by atoms with Gasteiger partial charge in [0, 0.05) is 20.4 Å². The topological polar surface area (TPSA) is 45.6 Å². The highest BCUT2D eigenvalue weighted by molar-refractivity contribution is 5.47. The summed E-state index contributed by atoms with van der Waals surface area (Å²) >= 11 is 0. The molecule has 0 saturated heterocycles. The summed E-state index contributed by atoms with van der Waals surface area (Å²) in [5.41, 5.74) is 1.91. The highest BCUT2D eigenvalue weighted by Crippen LogP contribution is 2.18. The molecular weight excluding hydrogens is 204 g/mol. The summed E-state index contributed by atoms with van der Waals surface area (Å²) in [5, 5.41) is 9.01. The molecule has 1 atom stereocenters. The number of ether oxygens (including phenoxy) is 1. The molecule has 16 heavy (non-hydrogen) atoms. The van der Waals surface area contributed by atoms with Crippen molar-refractivity contribution in [3.8, 4) is 0 Å². The molecule has 0 fully saturated rings. The van der Waals surface area contributed by atoms with Gasteiger partial charge in [0.25, 0.3) is 0 Å². The van der Waals surface area contributed by atoms with E-state index in [9.17, 15) is 0 Å². The van der Waals surface area contributed by atoms with E-state index >= 15 is 0 Å². The highest BCUT2D eigenvalue weighted by Gasteiger charge is 2.13. The van der Waals surface area contributed by atoms with Crippen LogP contribution in [0, 0.1) is 6.92 Å². The first kappa shape index (κ1) is 12.9. The number of aryl methyl sites for hydroxylation is 1. The largest absolute Gasteiger partial charge is 0.392 e. The first-order valence-corrected chi connectivity index (χ1v) is 5.38. The molecule has 1 aromatic rings. The molecule has 0 aliphatic rings. The molecule has 1 rings (SSSR count). The van der Waals surface area contributed by atoms with Gasteiger partial charge in [0.2, 0.25) is 0 Å². The second kappa shape index (κ2) is 5.82. The van der Waals surface area contributed by atoms with E-state index in [1.54, 1.807) is 13.3 Å². The van der Waals surface area contributed by atoms with Crippen molar-refractivity contribution in [1.29, 1.82) is 0 Å². The van der Waals surface area contributed by atoms with Crippen LogP contribution in [-0.4, -0.2) is 36.9 Å². The van der Waals surface area contributed by atoms with Gasteiger partial charge in [-0.3, -0.25) is 0 Å². The minimum atomic E-state index is 0.0332. The number of aliphatic hydroxyl groups excluding tert-OH is 1. The second-order valence-electron chi connectivity index (χ2n) is 4.06. The van der Waals surface area contributed by atoms with Crippen molar-refractivity contribution >= 4 is 5.82 Å². The molecule has 0 bridgehead atoms. The lowest BCUT2D eigenvalue weighted by Gasteiger charge is -2.26. The maximum Gasteiger partial charge on any atom is 0.131 e. The van der Waals surface area contributed by atoms with Crippen LogP contribution in [0.3, 0.4) is 0 Å². The predicted molar refractivity (Wildman–Crippen MR) is 64.6 cm³/mol. The van der Waals surface area contributed by atoms with Gasteiger partial charge in [0.15, 0.2) is 0 Å². The van der Waals surface area contributed by atoms with Crippen LogP contribution in [0.5, 0.6) is 0 Å². The van der Waals surface area contributed by atoms with Crippen LogP contribution in [0.25, 0.3) is 0 Å². The fraction of sp³-hybridized carbons (Fsp3) is 0.583. The zero-order valence-corrected chi connectivity index (χ0v) is 10.4.